The molecular weight excluding hydrogens is 370 g/mol. The first-order valence-electron chi connectivity index (χ1n) is 8.52. The molecule has 0 spiro atoms. The average molecular weight is 394 g/mol. The zero-order valence-corrected chi connectivity index (χ0v) is 16.6. The summed E-state index contributed by atoms with van der Waals surface area (Å²) in [7, 11) is 0. The van der Waals surface area contributed by atoms with Crippen LogP contribution >= 0.6 is 24.0 Å². The van der Waals surface area contributed by atoms with Crippen LogP contribution in [0.2, 0.25) is 0 Å². The van der Waals surface area contributed by atoms with E-state index in [1.165, 1.54) is 11.8 Å². The molecule has 1 aromatic rings. The number of hydrogen-bond donors (Lipinski definition) is 2. The molecule has 1 aliphatic heterocycles. The Morgan fingerprint density at radius 3 is 2.62 bits per heavy atom. The van der Waals surface area contributed by atoms with E-state index in [2.05, 4.69) is 10.9 Å². The maximum absolute atomic E-state index is 12.1. The van der Waals surface area contributed by atoms with Crippen LogP contribution in [0.1, 0.15) is 47.2 Å². The fraction of sp³-hybridized carbons (Fsp3) is 0.444. The van der Waals surface area contributed by atoms with E-state index < -0.39 is 0 Å². The predicted molar refractivity (Wildman–Crippen MR) is 107 cm³/mol. The molecule has 0 radical (unpaired) electrons. The number of hydrazine groups is 1. The van der Waals surface area contributed by atoms with E-state index >= 15 is 0 Å². The van der Waals surface area contributed by atoms with Crippen LogP contribution < -0.4 is 10.9 Å². The van der Waals surface area contributed by atoms with E-state index in [0.29, 0.717) is 35.0 Å². The zero-order valence-electron chi connectivity index (χ0n) is 15.0. The Morgan fingerprint density at radius 2 is 1.96 bits per heavy atom. The maximum Gasteiger partial charge on any atom is 0.269 e. The van der Waals surface area contributed by atoms with Crippen molar-refractivity contribution in [1.82, 2.24) is 15.8 Å². The largest absolute Gasteiger partial charge is 0.297 e. The lowest BCUT2D eigenvalue weighted by Crippen LogP contribution is -2.41. The van der Waals surface area contributed by atoms with Gasteiger partial charge in [-0.05, 0) is 38.3 Å². The molecule has 1 aromatic carbocycles. The third-order valence-corrected chi connectivity index (χ3v) is 5.50. The first-order valence-corrected chi connectivity index (χ1v) is 9.91. The quantitative estimate of drug-likeness (QED) is 0.423. The summed E-state index contributed by atoms with van der Waals surface area (Å²) in [4.78, 5) is 37.1. The van der Waals surface area contributed by atoms with Gasteiger partial charge in [-0.1, -0.05) is 48.1 Å². The third-order valence-electron chi connectivity index (χ3n) is 4.07. The topological polar surface area (TPSA) is 78.5 Å². The Hall–Kier alpha value is -1.93. The Labute approximate surface area is 163 Å². The minimum atomic E-state index is -0.325. The highest BCUT2D eigenvalue weighted by molar-refractivity contribution is 8.23. The van der Waals surface area contributed by atoms with Gasteiger partial charge in [0.05, 0.1) is 5.75 Å². The molecule has 1 fully saturated rings. The molecule has 2 N–H and O–H groups in total. The molecule has 1 saturated heterocycles. The number of aryl methyl sites for hydroxylation is 2. The molecular formula is C18H23N3O3S2. The van der Waals surface area contributed by atoms with Gasteiger partial charge in [-0.2, -0.15) is 0 Å². The van der Waals surface area contributed by atoms with Gasteiger partial charge in [-0.25, -0.2) is 0 Å². The summed E-state index contributed by atoms with van der Waals surface area (Å²) in [5, 5.41) is 0. The summed E-state index contributed by atoms with van der Waals surface area (Å²) in [6.07, 6.45) is 2.62. The van der Waals surface area contributed by atoms with Crippen LogP contribution in [-0.2, 0) is 9.59 Å². The monoisotopic (exact) mass is 393 g/mol. The number of benzene rings is 1. The van der Waals surface area contributed by atoms with Crippen molar-refractivity contribution in [2.45, 2.75) is 39.5 Å². The maximum atomic E-state index is 12.1. The van der Waals surface area contributed by atoms with Crippen molar-refractivity contribution in [2.24, 2.45) is 0 Å². The molecule has 8 heteroatoms. The second kappa shape index (κ2) is 9.68. The van der Waals surface area contributed by atoms with Crippen molar-refractivity contribution in [2.75, 3.05) is 12.3 Å². The highest BCUT2D eigenvalue weighted by Crippen LogP contribution is 2.19. The number of unbranched alkanes of at least 4 members (excludes halogenated alkanes) is 2. The van der Waals surface area contributed by atoms with E-state index in [1.54, 1.807) is 11.0 Å². The van der Waals surface area contributed by atoms with E-state index in [9.17, 15) is 14.4 Å². The zero-order chi connectivity index (χ0) is 19.1. The van der Waals surface area contributed by atoms with Crippen LogP contribution in [-0.4, -0.2) is 39.2 Å². The molecule has 3 amide bonds. The first kappa shape index (κ1) is 20.4. The second-order valence-electron chi connectivity index (χ2n) is 6.23. The molecule has 2 rings (SSSR count). The van der Waals surface area contributed by atoms with E-state index in [-0.39, 0.29) is 17.7 Å². The smallest absolute Gasteiger partial charge is 0.269 e. The summed E-state index contributed by atoms with van der Waals surface area (Å²) in [5.41, 5.74) is 7.38. The Morgan fingerprint density at radius 1 is 1.19 bits per heavy atom. The number of nitrogens with one attached hydrogen (secondary N) is 2. The summed E-state index contributed by atoms with van der Waals surface area (Å²) < 4.78 is 0.641. The van der Waals surface area contributed by atoms with Gasteiger partial charge in [0.25, 0.3) is 5.91 Å². The van der Waals surface area contributed by atoms with Gasteiger partial charge >= 0.3 is 0 Å². The van der Waals surface area contributed by atoms with Crippen LogP contribution in [0, 0.1) is 13.8 Å². The Balaban J connectivity index is 1.62. The van der Waals surface area contributed by atoms with Crippen LogP contribution in [0.4, 0.5) is 0 Å². The van der Waals surface area contributed by atoms with Gasteiger partial charge in [0.2, 0.25) is 11.8 Å². The van der Waals surface area contributed by atoms with Crippen molar-refractivity contribution in [3.05, 3.63) is 34.9 Å². The number of thioether (sulfide) groups is 1. The highest BCUT2D eigenvalue weighted by Gasteiger charge is 2.25. The number of amides is 3. The summed E-state index contributed by atoms with van der Waals surface area (Å²) >= 11 is 6.51. The van der Waals surface area contributed by atoms with E-state index in [1.807, 2.05) is 26.0 Å². The van der Waals surface area contributed by atoms with Gasteiger partial charge in [0.15, 0.2) is 0 Å². The summed E-state index contributed by atoms with van der Waals surface area (Å²) in [5.74, 6) is -0.0609. The molecule has 0 aromatic heterocycles. The number of thiocarbonyl (C=S) groups is 1. The van der Waals surface area contributed by atoms with Crippen molar-refractivity contribution in [3.63, 3.8) is 0 Å². The van der Waals surface area contributed by atoms with Crippen molar-refractivity contribution in [3.8, 4) is 0 Å². The van der Waals surface area contributed by atoms with Crippen molar-refractivity contribution >= 4 is 46.0 Å². The van der Waals surface area contributed by atoms with Gasteiger partial charge < -0.3 is 0 Å². The summed E-state index contributed by atoms with van der Waals surface area (Å²) in [6, 6.07) is 5.53. The number of nitrogens with zero attached hydrogens (tertiary/aromatic N) is 1. The van der Waals surface area contributed by atoms with E-state index in [4.69, 9.17) is 12.2 Å². The Bertz CT molecular complexity index is 706. The lowest BCUT2D eigenvalue weighted by Gasteiger charge is -2.14. The lowest BCUT2D eigenvalue weighted by atomic mass is 10.1. The second-order valence-corrected chi connectivity index (χ2v) is 7.84. The molecule has 26 heavy (non-hydrogen) atoms. The normalized spacial score (nSPS) is 13.8. The first-order chi connectivity index (χ1) is 12.4. The highest BCUT2D eigenvalue weighted by atomic mass is 32.2. The third kappa shape index (κ3) is 5.81. The number of carbonyl (C=O) groups is 3. The minimum absolute atomic E-state index is 0.0619. The van der Waals surface area contributed by atoms with Crippen LogP contribution in [0.3, 0.4) is 0 Å². The SMILES string of the molecule is Cc1ccc(C(=O)NNC(=O)CCCCCN2C(=O)CSC2=S)c(C)c1. The molecule has 0 unspecified atom stereocenters. The predicted octanol–water partition coefficient (Wildman–Crippen LogP) is 2.49. The molecule has 140 valence electrons. The molecule has 1 heterocycles. The number of hydrogen-bond acceptors (Lipinski definition) is 5. The molecule has 0 bridgehead atoms. The average Bonchev–Trinajstić information content (AvgIpc) is 2.91. The van der Waals surface area contributed by atoms with Crippen molar-refractivity contribution < 1.29 is 14.4 Å². The number of rotatable bonds is 7. The fourth-order valence-corrected chi connectivity index (χ4v) is 3.78. The summed E-state index contributed by atoms with van der Waals surface area (Å²) in [6.45, 7) is 4.43. The molecule has 0 saturated carbocycles. The lowest BCUT2D eigenvalue weighted by molar-refractivity contribution is -0.124. The van der Waals surface area contributed by atoms with Gasteiger partial charge in [-0.15, -0.1) is 0 Å². The van der Waals surface area contributed by atoms with Crippen LogP contribution in [0.25, 0.3) is 0 Å². The van der Waals surface area contributed by atoms with Crippen LogP contribution in [0.5, 0.6) is 0 Å². The van der Waals surface area contributed by atoms with Crippen LogP contribution in [0.15, 0.2) is 18.2 Å². The molecule has 0 aliphatic carbocycles. The van der Waals surface area contributed by atoms with Gasteiger partial charge in [0.1, 0.15) is 4.32 Å². The number of carbonyl (C=O) groups excluding carboxylic acids is 3. The van der Waals surface area contributed by atoms with Gasteiger partial charge in [0, 0.05) is 18.5 Å². The Kier molecular flexibility index (Phi) is 7.59. The minimum Gasteiger partial charge on any atom is -0.297 e. The standard InChI is InChI=1S/C18H23N3O3S2/c1-12-7-8-14(13(2)10-12)17(24)20-19-15(22)6-4-3-5-9-21-16(23)11-26-18(21)25/h7-8,10H,3-6,9,11H2,1-2H3,(H,19,22)(H,20,24). The molecule has 6 nitrogen and oxygen atoms in total. The van der Waals surface area contributed by atoms with Crippen molar-refractivity contribution in [1.29, 1.82) is 0 Å². The van der Waals surface area contributed by atoms with Gasteiger partial charge in [-0.3, -0.25) is 30.1 Å². The van der Waals surface area contributed by atoms with E-state index in [0.717, 1.165) is 24.0 Å². The molecule has 1 aliphatic rings. The fourth-order valence-electron chi connectivity index (χ4n) is 2.65. The molecule has 0 atom stereocenters.